The van der Waals surface area contributed by atoms with Crippen LogP contribution >= 0.6 is 0 Å². The molecule has 0 aliphatic rings. The van der Waals surface area contributed by atoms with Crippen molar-refractivity contribution in [2.24, 2.45) is 0 Å². The Morgan fingerprint density at radius 2 is 2.00 bits per heavy atom. The lowest BCUT2D eigenvalue weighted by Crippen LogP contribution is -2.36. The molecule has 0 saturated carbocycles. The van der Waals surface area contributed by atoms with Crippen LogP contribution in [0.2, 0.25) is 0 Å². The molecule has 1 rings (SSSR count). The number of aliphatic hydroxyl groups excluding tert-OH is 1. The molecule has 0 spiro atoms. The zero-order valence-corrected chi connectivity index (χ0v) is 13.4. The van der Waals surface area contributed by atoms with Crippen LogP contribution in [0.15, 0.2) is 24.3 Å². The van der Waals surface area contributed by atoms with Crippen molar-refractivity contribution >= 4 is 12.1 Å². The second kappa shape index (κ2) is 7.79. The summed E-state index contributed by atoms with van der Waals surface area (Å²) in [4.78, 5) is 23.6. The number of rotatable bonds is 5. The van der Waals surface area contributed by atoms with Gasteiger partial charge in [-0.15, -0.1) is 0 Å². The molecule has 1 unspecified atom stereocenters. The van der Waals surface area contributed by atoms with E-state index in [4.69, 9.17) is 9.47 Å². The molecule has 0 aromatic heterocycles. The summed E-state index contributed by atoms with van der Waals surface area (Å²) in [5.74, 6) is -1.13. The molecule has 0 fully saturated rings. The first-order chi connectivity index (χ1) is 10.3. The van der Waals surface area contributed by atoms with E-state index in [1.54, 1.807) is 45.0 Å². The maximum Gasteiger partial charge on any atom is 0.407 e. The second-order valence-corrected chi connectivity index (χ2v) is 5.86. The molecule has 1 aromatic rings. The van der Waals surface area contributed by atoms with E-state index in [9.17, 15) is 14.7 Å². The Bertz CT molecular complexity index is 522. The number of amides is 1. The third-order valence-corrected chi connectivity index (χ3v) is 2.87. The number of hydrogen-bond acceptors (Lipinski definition) is 5. The van der Waals surface area contributed by atoms with E-state index < -0.39 is 23.6 Å². The molecule has 6 nitrogen and oxygen atoms in total. The first-order valence-corrected chi connectivity index (χ1v) is 7.01. The Balaban J connectivity index is 2.81. The van der Waals surface area contributed by atoms with Gasteiger partial charge in [0.2, 0.25) is 0 Å². The van der Waals surface area contributed by atoms with Crippen LogP contribution in [0, 0.1) is 0 Å². The molecule has 0 aliphatic heterocycles. The topological polar surface area (TPSA) is 84.9 Å². The van der Waals surface area contributed by atoms with E-state index in [0.29, 0.717) is 11.1 Å². The zero-order chi connectivity index (χ0) is 16.8. The van der Waals surface area contributed by atoms with Crippen molar-refractivity contribution in [3.63, 3.8) is 0 Å². The van der Waals surface area contributed by atoms with E-state index in [1.807, 2.05) is 0 Å². The number of ether oxygens (including phenoxy) is 2. The number of hydrogen-bond donors (Lipinski definition) is 2. The van der Waals surface area contributed by atoms with Gasteiger partial charge in [0.1, 0.15) is 5.60 Å². The molecule has 0 heterocycles. The van der Waals surface area contributed by atoms with Gasteiger partial charge in [-0.05, 0) is 31.9 Å². The van der Waals surface area contributed by atoms with Gasteiger partial charge in [-0.1, -0.05) is 24.3 Å². The van der Waals surface area contributed by atoms with Crippen molar-refractivity contribution < 1.29 is 24.2 Å². The summed E-state index contributed by atoms with van der Waals surface area (Å²) in [6, 6.07) is 6.94. The Morgan fingerprint density at radius 1 is 1.32 bits per heavy atom. The summed E-state index contributed by atoms with van der Waals surface area (Å²) in [5.41, 5.74) is 0.736. The van der Waals surface area contributed by atoms with Crippen molar-refractivity contribution in [3.05, 3.63) is 35.4 Å². The van der Waals surface area contributed by atoms with E-state index in [-0.39, 0.29) is 13.2 Å². The van der Waals surface area contributed by atoms with Gasteiger partial charge < -0.3 is 19.9 Å². The molecule has 0 bridgehead atoms. The number of methoxy groups -OCH3 is 1. The average Bonchev–Trinajstić information content (AvgIpc) is 2.45. The number of carbonyl (C=O) groups is 2. The monoisotopic (exact) mass is 309 g/mol. The summed E-state index contributed by atoms with van der Waals surface area (Å²) in [5, 5.41) is 11.7. The fourth-order valence-corrected chi connectivity index (χ4v) is 1.89. The van der Waals surface area contributed by atoms with E-state index in [1.165, 1.54) is 7.11 Å². The van der Waals surface area contributed by atoms with Gasteiger partial charge in [-0.2, -0.15) is 0 Å². The van der Waals surface area contributed by atoms with Crippen LogP contribution in [0.1, 0.15) is 37.8 Å². The van der Waals surface area contributed by atoms with Crippen LogP contribution < -0.4 is 5.32 Å². The quantitative estimate of drug-likeness (QED) is 0.812. The minimum Gasteiger partial charge on any atom is -0.468 e. The zero-order valence-electron chi connectivity index (χ0n) is 13.4. The lowest BCUT2D eigenvalue weighted by Gasteiger charge is -2.21. The molecule has 1 aromatic carbocycles. The fourth-order valence-electron chi connectivity index (χ4n) is 1.89. The summed E-state index contributed by atoms with van der Waals surface area (Å²) in [6.45, 7) is 5.21. The molecule has 0 saturated heterocycles. The lowest BCUT2D eigenvalue weighted by atomic mass is 9.97. The van der Waals surface area contributed by atoms with Crippen LogP contribution in [-0.2, 0) is 20.9 Å². The van der Waals surface area contributed by atoms with Crippen LogP contribution in [-0.4, -0.2) is 36.4 Å². The minimum atomic E-state index is -0.663. The van der Waals surface area contributed by atoms with Crippen molar-refractivity contribution in [3.8, 4) is 0 Å². The average molecular weight is 309 g/mol. The molecule has 0 aliphatic carbocycles. The SMILES string of the molecule is COC(=O)C(CNC(=O)OC(C)(C)C)c1cccc(CO)c1. The Kier molecular flexibility index (Phi) is 6.37. The maximum atomic E-state index is 11.9. The number of benzene rings is 1. The van der Waals surface area contributed by atoms with E-state index >= 15 is 0 Å². The third kappa shape index (κ3) is 5.73. The first-order valence-electron chi connectivity index (χ1n) is 7.01. The number of nitrogens with one attached hydrogen (secondary N) is 1. The van der Waals surface area contributed by atoms with Crippen molar-refractivity contribution in [1.29, 1.82) is 0 Å². The molecule has 22 heavy (non-hydrogen) atoms. The maximum absolute atomic E-state index is 11.9. The normalized spacial score (nSPS) is 12.4. The highest BCUT2D eigenvalue weighted by molar-refractivity contribution is 5.79. The Labute approximate surface area is 130 Å². The van der Waals surface area contributed by atoms with E-state index in [0.717, 1.165) is 0 Å². The fraction of sp³-hybridized carbons (Fsp3) is 0.500. The largest absolute Gasteiger partial charge is 0.468 e. The molecule has 2 N–H and O–H groups in total. The van der Waals surface area contributed by atoms with Crippen LogP contribution in [0.3, 0.4) is 0 Å². The summed E-state index contributed by atoms with van der Waals surface area (Å²) >= 11 is 0. The van der Waals surface area contributed by atoms with Gasteiger partial charge in [0.05, 0.1) is 19.6 Å². The molecule has 0 radical (unpaired) electrons. The van der Waals surface area contributed by atoms with Gasteiger partial charge >= 0.3 is 12.1 Å². The predicted molar refractivity (Wildman–Crippen MR) is 81.4 cm³/mol. The second-order valence-electron chi connectivity index (χ2n) is 5.86. The van der Waals surface area contributed by atoms with Crippen LogP contribution in [0.5, 0.6) is 0 Å². The van der Waals surface area contributed by atoms with Crippen molar-refractivity contribution in [2.75, 3.05) is 13.7 Å². The third-order valence-electron chi connectivity index (χ3n) is 2.87. The standard InChI is InChI=1S/C16H23NO5/c1-16(2,3)22-15(20)17-9-13(14(19)21-4)12-7-5-6-11(8-12)10-18/h5-8,13,18H,9-10H2,1-4H3,(H,17,20). The minimum absolute atomic E-state index is 0.0521. The first kappa shape index (κ1) is 18.0. The highest BCUT2D eigenvalue weighted by atomic mass is 16.6. The van der Waals surface area contributed by atoms with Crippen molar-refractivity contribution in [1.82, 2.24) is 5.32 Å². The Morgan fingerprint density at radius 3 is 2.55 bits per heavy atom. The van der Waals surface area contributed by atoms with Gasteiger partial charge in [-0.25, -0.2) is 4.79 Å². The highest BCUT2D eigenvalue weighted by Gasteiger charge is 2.24. The van der Waals surface area contributed by atoms with Gasteiger partial charge in [0.15, 0.2) is 0 Å². The number of esters is 1. The van der Waals surface area contributed by atoms with E-state index in [2.05, 4.69) is 5.32 Å². The number of alkyl carbamates (subject to hydrolysis) is 1. The molecule has 1 amide bonds. The van der Waals surface area contributed by atoms with Gasteiger partial charge in [0.25, 0.3) is 0 Å². The summed E-state index contributed by atoms with van der Waals surface area (Å²) in [7, 11) is 1.29. The predicted octanol–water partition coefficient (Wildman–Crippen LogP) is 1.96. The summed E-state index contributed by atoms with van der Waals surface area (Å²) in [6.07, 6.45) is -0.597. The summed E-state index contributed by atoms with van der Waals surface area (Å²) < 4.78 is 9.92. The number of aliphatic hydroxyl groups is 1. The van der Waals surface area contributed by atoms with Gasteiger partial charge in [0, 0.05) is 6.54 Å². The highest BCUT2D eigenvalue weighted by Crippen LogP contribution is 2.19. The molecular weight excluding hydrogens is 286 g/mol. The molecule has 122 valence electrons. The lowest BCUT2D eigenvalue weighted by molar-refractivity contribution is -0.142. The van der Waals surface area contributed by atoms with Gasteiger partial charge in [-0.3, -0.25) is 4.79 Å². The smallest absolute Gasteiger partial charge is 0.407 e. The van der Waals surface area contributed by atoms with Crippen molar-refractivity contribution in [2.45, 2.75) is 38.9 Å². The molecule has 6 heteroatoms. The molecular formula is C16H23NO5. The van der Waals surface area contributed by atoms with Crippen LogP contribution in [0.25, 0.3) is 0 Å². The molecule has 1 atom stereocenters. The Hall–Kier alpha value is -2.08. The number of carbonyl (C=O) groups excluding carboxylic acids is 2. The van der Waals surface area contributed by atoms with Crippen LogP contribution in [0.4, 0.5) is 4.79 Å².